The second-order valence-corrected chi connectivity index (χ2v) is 5.86. The third kappa shape index (κ3) is 4.00. The predicted octanol–water partition coefficient (Wildman–Crippen LogP) is 4.96. The summed E-state index contributed by atoms with van der Waals surface area (Å²) in [6.45, 7) is 3.39. The second-order valence-electron chi connectivity index (χ2n) is 5.43. The first-order valence-electron chi connectivity index (χ1n) is 7.28. The van der Waals surface area contributed by atoms with Gasteiger partial charge in [0.15, 0.2) is 0 Å². The first kappa shape index (κ1) is 13.9. The maximum Gasteiger partial charge on any atom is 0.0409 e. The van der Waals surface area contributed by atoms with Gasteiger partial charge in [-0.2, -0.15) is 0 Å². The van der Waals surface area contributed by atoms with Gasteiger partial charge < -0.3 is 5.32 Å². The smallest absolute Gasteiger partial charge is 0.0409 e. The molecule has 100 valence electrons. The summed E-state index contributed by atoms with van der Waals surface area (Å²) < 4.78 is 0. The normalized spacial score (nSPS) is 18.8. The molecule has 0 aromatic heterocycles. The van der Waals surface area contributed by atoms with E-state index in [1.165, 1.54) is 37.7 Å². The lowest BCUT2D eigenvalue weighted by molar-refractivity contribution is 0.326. The van der Waals surface area contributed by atoms with Gasteiger partial charge in [-0.25, -0.2) is 0 Å². The quantitative estimate of drug-likeness (QED) is 0.793. The van der Waals surface area contributed by atoms with E-state index >= 15 is 0 Å². The SMILES string of the molecule is CCC(NCC1CCCCC1)c1cccc(Cl)c1. The van der Waals surface area contributed by atoms with Gasteiger partial charge in [0.05, 0.1) is 0 Å². The van der Waals surface area contributed by atoms with Crippen LogP contribution in [0.5, 0.6) is 0 Å². The fourth-order valence-corrected chi connectivity index (χ4v) is 3.12. The highest BCUT2D eigenvalue weighted by Gasteiger charge is 2.15. The summed E-state index contributed by atoms with van der Waals surface area (Å²) in [5, 5.41) is 4.56. The third-order valence-electron chi connectivity index (χ3n) is 4.04. The molecular formula is C16H24ClN. The van der Waals surface area contributed by atoms with Crippen molar-refractivity contribution in [2.45, 2.75) is 51.5 Å². The van der Waals surface area contributed by atoms with Crippen molar-refractivity contribution in [2.75, 3.05) is 6.54 Å². The van der Waals surface area contributed by atoms with E-state index < -0.39 is 0 Å². The predicted molar refractivity (Wildman–Crippen MR) is 79.1 cm³/mol. The number of benzene rings is 1. The molecule has 1 nitrogen and oxygen atoms in total. The van der Waals surface area contributed by atoms with E-state index in [1.54, 1.807) is 0 Å². The summed E-state index contributed by atoms with van der Waals surface area (Å²) in [7, 11) is 0. The van der Waals surface area contributed by atoms with E-state index in [2.05, 4.69) is 24.4 Å². The van der Waals surface area contributed by atoms with E-state index in [-0.39, 0.29) is 0 Å². The van der Waals surface area contributed by atoms with Gasteiger partial charge in [0.1, 0.15) is 0 Å². The molecule has 18 heavy (non-hydrogen) atoms. The van der Waals surface area contributed by atoms with Crippen molar-refractivity contribution in [3.8, 4) is 0 Å². The number of halogens is 1. The minimum absolute atomic E-state index is 0.450. The first-order valence-corrected chi connectivity index (χ1v) is 7.66. The van der Waals surface area contributed by atoms with E-state index in [0.717, 1.165) is 23.9 Å². The van der Waals surface area contributed by atoms with Gasteiger partial charge in [0, 0.05) is 11.1 Å². The van der Waals surface area contributed by atoms with Gasteiger partial charge in [0.2, 0.25) is 0 Å². The summed E-state index contributed by atoms with van der Waals surface area (Å²) in [4.78, 5) is 0. The topological polar surface area (TPSA) is 12.0 Å². The summed E-state index contributed by atoms with van der Waals surface area (Å²) in [5.41, 5.74) is 1.32. The molecule has 0 amide bonds. The Balaban J connectivity index is 1.88. The number of hydrogen-bond acceptors (Lipinski definition) is 1. The molecule has 2 rings (SSSR count). The lowest BCUT2D eigenvalue weighted by Gasteiger charge is -2.25. The Kier molecular flexibility index (Phi) is 5.52. The van der Waals surface area contributed by atoms with Crippen molar-refractivity contribution in [1.29, 1.82) is 0 Å². The summed E-state index contributed by atoms with van der Waals surface area (Å²) in [5.74, 6) is 0.881. The Hall–Kier alpha value is -0.530. The standard InChI is InChI=1S/C16H24ClN/c1-2-16(14-9-6-10-15(17)11-14)18-12-13-7-4-3-5-8-13/h6,9-11,13,16,18H,2-5,7-8,12H2,1H3. The van der Waals surface area contributed by atoms with Crippen molar-refractivity contribution < 1.29 is 0 Å². The van der Waals surface area contributed by atoms with Gasteiger partial charge in [-0.05, 0) is 49.4 Å². The largest absolute Gasteiger partial charge is 0.310 e. The zero-order valence-corrected chi connectivity index (χ0v) is 12.0. The minimum atomic E-state index is 0.450. The Morgan fingerprint density at radius 3 is 2.72 bits per heavy atom. The minimum Gasteiger partial charge on any atom is -0.310 e. The Bertz CT molecular complexity index is 358. The van der Waals surface area contributed by atoms with Crippen LogP contribution in [0.2, 0.25) is 5.02 Å². The van der Waals surface area contributed by atoms with E-state index in [4.69, 9.17) is 11.6 Å². The maximum absolute atomic E-state index is 6.07. The molecule has 1 aromatic carbocycles. The molecule has 1 aliphatic carbocycles. The van der Waals surface area contributed by atoms with Crippen LogP contribution in [-0.4, -0.2) is 6.54 Å². The van der Waals surface area contributed by atoms with Crippen LogP contribution in [0.25, 0.3) is 0 Å². The van der Waals surface area contributed by atoms with Gasteiger partial charge >= 0.3 is 0 Å². The molecule has 2 heteroatoms. The molecule has 1 aliphatic rings. The van der Waals surface area contributed by atoms with Crippen LogP contribution in [0.1, 0.15) is 57.1 Å². The summed E-state index contributed by atoms with van der Waals surface area (Å²) in [6, 6.07) is 8.70. The zero-order valence-electron chi connectivity index (χ0n) is 11.3. The van der Waals surface area contributed by atoms with Crippen LogP contribution in [0.15, 0.2) is 24.3 Å². The van der Waals surface area contributed by atoms with E-state index in [1.807, 2.05) is 12.1 Å². The van der Waals surface area contributed by atoms with Crippen LogP contribution < -0.4 is 5.32 Å². The molecule has 0 radical (unpaired) electrons. The van der Waals surface area contributed by atoms with Crippen molar-refractivity contribution in [3.63, 3.8) is 0 Å². The third-order valence-corrected chi connectivity index (χ3v) is 4.27. The molecule has 1 aromatic rings. The van der Waals surface area contributed by atoms with Crippen LogP contribution in [-0.2, 0) is 0 Å². The lowest BCUT2D eigenvalue weighted by atomic mass is 9.89. The fourth-order valence-electron chi connectivity index (χ4n) is 2.92. The van der Waals surface area contributed by atoms with Crippen LogP contribution in [0, 0.1) is 5.92 Å². The Labute approximate surface area is 116 Å². The molecule has 0 saturated heterocycles. The van der Waals surface area contributed by atoms with Crippen molar-refractivity contribution in [1.82, 2.24) is 5.32 Å². The summed E-state index contributed by atoms with van der Waals surface area (Å²) >= 11 is 6.07. The van der Waals surface area contributed by atoms with Crippen molar-refractivity contribution >= 4 is 11.6 Å². The lowest BCUT2D eigenvalue weighted by Crippen LogP contribution is -2.28. The highest BCUT2D eigenvalue weighted by molar-refractivity contribution is 6.30. The van der Waals surface area contributed by atoms with Crippen LogP contribution >= 0.6 is 11.6 Å². The molecular weight excluding hydrogens is 242 g/mol. The summed E-state index contributed by atoms with van der Waals surface area (Å²) in [6.07, 6.45) is 8.19. The van der Waals surface area contributed by atoms with Gasteiger partial charge in [-0.3, -0.25) is 0 Å². The molecule has 0 spiro atoms. The average molecular weight is 266 g/mol. The van der Waals surface area contributed by atoms with Gasteiger partial charge in [0.25, 0.3) is 0 Å². The average Bonchev–Trinajstić information content (AvgIpc) is 2.41. The number of rotatable bonds is 5. The second kappa shape index (κ2) is 7.16. The molecule has 0 heterocycles. The van der Waals surface area contributed by atoms with E-state index in [0.29, 0.717) is 6.04 Å². The molecule has 0 bridgehead atoms. The molecule has 1 unspecified atom stereocenters. The van der Waals surface area contributed by atoms with E-state index in [9.17, 15) is 0 Å². The molecule has 1 fully saturated rings. The molecule has 1 saturated carbocycles. The molecule has 0 aliphatic heterocycles. The highest BCUT2D eigenvalue weighted by Crippen LogP contribution is 2.25. The fraction of sp³-hybridized carbons (Fsp3) is 0.625. The highest BCUT2D eigenvalue weighted by atomic mass is 35.5. The van der Waals surface area contributed by atoms with Crippen LogP contribution in [0.3, 0.4) is 0 Å². The zero-order chi connectivity index (χ0) is 12.8. The van der Waals surface area contributed by atoms with Crippen molar-refractivity contribution in [2.24, 2.45) is 5.92 Å². The van der Waals surface area contributed by atoms with Gasteiger partial charge in [-0.1, -0.05) is 49.9 Å². The van der Waals surface area contributed by atoms with Crippen molar-refractivity contribution in [3.05, 3.63) is 34.9 Å². The first-order chi connectivity index (χ1) is 8.79. The molecule has 1 atom stereocenters. The monoisotopic (exact) mass is 265 g/mol. The van der Waals surface area contributed by atoms with Gasteiger partial charge in [-0.15, -0.1) is 0 Å². The number of hydrogen-bond donors (Lipinski definition) is 1. The molecule has 1 N–H and O–H groups in total. The Morgan fingerprint density at radius 1 is 1.28 bits per heavy atom. The Morgan fingerprint density at radius 2 is 2.06 bits per heavy atom. The maximum atomic E-state index is 6.07. The van der Waals surface area contributed by atoms with Crippen LogP contribution in [0.4, 0.5) is 0 Å². The number of nitrogens with one attached hydrogen (secondary N) is 1.